The van der Waals surface area contributed by atoms with Gasteiger partial charge >= 0.3 is 0 Å². The van der Waals surface area contributed by atoms with Crippen LogP contribution in [0.5, 0.6) is 0 Å². The van der Waals surface area contributed by atoms with E-state index < -0.39 is 21.7 Å². The molecule has 102 valence electrons. The van der Waals surface area contributed by atoms with Crippen LogP contribution in [0.2, 0.25) is 0 Å². The standard InChI is InChI=1S/C12H18BrNO3S/c1-8-7-10(5-6-11(8)13)18(16,17)14-12(3,4)9(2)15/h5-7,9,14-15H,1-4H3. The van der Waals surface area contributed by atoms with E-state index in [2.05, 4.69) is 20.7 Å². The lowest BCUT2D eigenvalue weighted by Crippen LogP contribution is -2.50. The van der Waals surface area contributed by atoms with Gasteiger partial charge in [-0.3, -0.25) is 0 Å². The molecule has 0 spiro atoms. The van der Waals surface area contributed by atoms with Gasteiger partial charge in [0.25, 0.3) is 0 Å². The van der Waals surface area contributed by atoms with E-state index in [1.165, 1.54) is 6.07 Å². The minimum absolute atomic E-state index is 0.192. The van der Waals surface area contributed by atoms with Crippen LogP contribution < -0.4 is 4.72 Å². The van der Waals surface area contributed by atoms with Crippen molar-refractivity contribution in [3.8, 4) is 0 Å². The smallest absolute Gasteiger partial charge is 0.241 e. The minimum Gasteiger partial charge on any atom is -0.391 e. The lowest BCUT2D eigenvalue weighted by molar-refractivity contribution is 0.111. The molecule has 2 N–H and O–H groups in total. The normalized spacial score (nSPS) is 14.6. The predicted octanol–water partition coefficient (Wildman–Crippen LogP) is 2.20. The third kappa shape index (κ3) is 3.54. The van der Waals surface area contributed by atoms with Gasteiger partial charge in [-0.2, -0.15) is 0 Å². The van der Waals surface area contributed by atoms with Crippen LogP contribution in [0.15, 0.2) is 27.6 Å². The SMILES string of the molecule is Cc1cc(S(=O)(=O)NC(C)(C)C(C)O)ccc1Br. The molecule has 6 heteroatoms. The van der Waals surface area contributed by atoms with Crippen LogP contribution in [0.4, 0.5) is 0 Å². The van der Waals surface area contributed by atoms with Gasteiger partial charge in [-0.05, 0) is 51.5 Å². The fraction of sp³-hybridized carbons (Fsp3) is 0.500. The van der Waals surface area contributed by atoms with Gasteiger partial charge < -0.3 is 5.11 Å². The Balaban J connectivity index is 3.11. The molecule has 0 radical (unpaired) electrons. The summed E-state index contributed by atoms with van der Waals surface area (Å²) in [6.07, 6.45) is -0.788. The van der Waals surface area contributed by atoms with Crippen molar-refractivity contribution in [1.29, 1.82) is 0 Å². The van der Waals surface area contributed by atoms with Gasteiger partial charge in [0.05, 0.1) is 16.5 Å². The lowest BCUT2D eigenvalue weighted by Gasteiger charge is -2.28. The van der Waals surface area contributed by atoms with Crippen LogP contribution in [-0.2, 0) is 10.0 Å². The summed E-state index contributed by atoms with van der Waals surface area (Å²) >= 11 is 3.33. The van der Waals surface area contributed by atoms with Gasteiger partial charge in [0.1, 0.15) is 0 Å². The molecule has 0 heterocycles. The van der Waals surface area contributed by atoms with E-state index in [1.54, 1.807) is 32.9 Å². The van der Waals surface area contributed by atoms with Crippen LogP contribution in [0, 0.1) is 6.92 Å². The molecule has 1 atom stereocenters. The molecule has 1 unspecified atom stereocenters. The molecule has 18 heavy (non-hydrogen) atoms. The Hall–Kier alpha value is -0.430. The van der Waals surface area contributed by atoms with Gasteiger partial charge in [-0.15, -0.1) is 0 Å². The summed E-state index contributed by atoms with van der Waals surface area (Å²) in [4.78, 5) is 0.192. The first-order valence-electron chi connectivity index (χ1n) is 5.54. The molecule has 1 rings (SSSR count). The van der Waals surface area contributed by atoms with Gasteiger partial charge in [0, 0.05) is 4.47 Å². The highest BCUT2D eigenvalue weighted by atomic mass is 79.9. The highest BCUT2D eigenvalue weighted by molar-refractivity contribution is 9.10. The summed E-state index contributed by atoms with van der Waals surface area (Å²) in [6.45, 7) is 6.65. The number of nitrogens with one attached hydrogen (secondary N) is 1. The summed E-state index contributed by atoms with van der Waals surface area (Å²) in [7, 11) is -3.63. The summed E-state index contributed by atoms with van der Waals surface area (Å²) in [5.74, 6) is 0. The molecule has 0 aliphatic rings. The molecule has 0 saturated heterocycles. The van der Waals surface area contributed by atoms with Crippen LogP contribution in [0.3, 0.4) is 0 Å². The van der Waals surface area contributed by atoms with Crippen molar-refractivity contribution in [1.82, 2.24) is 4.72 Å². The fourth-order valence-corrected chi connectivity index (χ4v) is 3.08. The van der Waals surface area contributed by atoms with Gasteiger partial charge in [0.2, 0.25) is 10.0 Å². The number of aliphatic hydroxyl groups is 1. The zero-order chi connectivity index (χ0) is 14.1. The minimum atomic E-state index is -3.63. The third-order valence-electron chi connectivity index (χ3n) is 2.88. The molecule has 0 aromatic heterocycles. The number of sulfonamides is 1. The van der Waals surface area contributed by atoms with E-state index in [-0.39, 0.29) is 4.90 Å². The van der Waals surface area contributed by atoms with E-state index in [9.17, 15) is 13.5 Å². The van der Waals surface area contributed by atoms with E-state index in [0.717, 1.165) is 10.0 Å². The van der Waals surface area contributed by atoms with Crippen molar-refractivity contribution >= 4 is 26.0 Å². The van der Waals surface area contributed by atoms with Crippen molar-refractivity contribution in [2.24, 2.45) is 0 Å². The van der Waals surface area contributed by atoms with Crippen molar-refractivity contribution in [3.63, 3.8) is 0 Å². The topological polar surface area (TPSA) is 66.4 Å². The summed E-state index contributed by atoms with van der Waals surface area (Å²) < 4.78 is 27.7. The molecule has 0 saturated carbocycles. The van der Waals surface area contributed by atoms with E-state index in [4.69, 9.17) is 0 Å². The van der Waals surface area contributed by atoms with E-state index >= 15 is 0 Å². The Morgan fingerprint density at radius 2 is 1.94 bits per heavy atom. The first kappa shape index (κ1) is 15.6. The van der Waals surface area contributed by atoms with Crippen molar-refractivity contribution < 1.29 is 13.5 Å². The largest absolute Gasteiger partial charge is 0.391 e. The van der Waals surface area contributed by atoms with Crippen LogP contribution in [-0.4, -0.2) is 25.2 Å². The Bertz CT molecular complexity index is 538. The highest BCUT2D eigenvalue weighted by Crippen LogP contribution is 2.21. The van der Waals surface area contributed by atoms with Crippen molar-refractivity contribution in [2.75, 3.05) is 0 Å². The average Bonchev–Trinajstić information content (AvgIpc) is 2.20. The third-order valence-corrected chi connectivity index (χ3v) is 5.44. The summed E-state index contributed by atoms with van der Waals surface area (Å²) in [5, 5.41) is 9.55. The Labute approximate surface area is 117 Å². The zero-order valence-corrected chi connectivity index (χ0v) is 13.3. The second-order valence-corrected chi connectivity index (χ2v) is 7.45. The van der Waals surface area contributed by atoms with Gasteiger partial charge in [-0.25, -0.2) is 13.1 Å². The van der Waals surface area contributed by atoms with Crippen LogP contribution >= 0.6 is 15.9 Å². The Kier molecular flexibility index (Phi) is 4.59. The quantitative estimate of drug-likeness (QED) is 0.886. The van der Waals surface area contributed by atoms with Gasteiger partial charge in [-0.1, -0.05) is 15.9 Å². The molecule has 4 nitrogen and oxygen atoms in total. The summed E-state index contributed by atoms with van der Waals surface area (Å²) in [6, 6.07) is 4.81. The Morgan fingerprint density at radius 1 is 1.39 bits per heavy atom. The second kappa shape index (κ2) is 5.28. The number of hydrogen-bond donors (Lipinski definition) is 2. The molecule has 0 fully saturated rings. The fourth-order valence-electron chi connectivity index (χ4n) is 1.27. The maximum atomic E-state index is 12.2. The Morgan fingerprint density at radius 3 is 2.39 bits per heavy atom. The molecule has 0 aliphatic carbocycles. The molecular weight excluding hydrogens is 318 g/mol. The van der Waals surface area contributed by atoms with Crippen LogP contribution in [0.25, 0.3) is 0 Å². The lowest BCUT2D eigenvalue weighted by atomic mass is 10.0. The number of aryl methyl sites for hydroxylation is 1. The van der Waals surface area contributed by atoms with Crippen LogP contribution in [0.1, 0.15) is 26.3 Å². The van der Waals surface area contributed by atoms with E-state index in [0.29, 0.717) is 0 Å². The number of halogens is 1. The zero-order valence-electron chi connectivity index (χ0n) is 10.9. The number of rotatable bonds is 4. The second-order valence-electron chi connectivity index (χ2n) is 4.91. The highest BCUT2D eigenvalue weighted by Gasteiger charge is 2.30. The number of hydrogen-bond acceptors (Lipinski definition) is 3. The average molecular weight is 336 g/mol. The molecule has 0 aliphatic heterocycles. The maximum absolute atomic E-state index is 12.2. The molecular formula is C12H18BrNO3S. The maximum Gasteiger partial charge on any atom is 0.241 e. The van der Waals surface area contributed by atoms with Crippen molar-refractivity contribution in [3.05, 3.63) is 28.2 Å². The monoisotopic (exact) mass is 335 g/mol. The predicted molar refractivity (Wildman–Crippen MR) is 75.0 cm³/mol. The first-order valence-corrected chi connectivity index (χ1v) is 7.82. The number of benzene rings is 1. The number of aliphatic hydroxyl groups excluding tert-OH is 1. The first-order chi connectivity index (χ1) is 8.06. The van der Waals surface area contributed by atoms with Crippen molar-refractivity contribution in [2.45, 2.75) is 44.2 Å². The van der Waals surface area contributed by atoms with Gasteiger partial charge in [0.15, 0.2) is 0 Å². The molecule has 0 amide bonds. The molecule has 0 bridgehead atoms. The van der Waals surface area contributed by atoms with E-state index in [1.807, 2.05) is 6.92 Å². The molecule has 1 aromatic carbocycles. The summed E-state index contributed by atoms with van der Waals surface area (Å²) in [5.41, 5.74) is -0.0764. The molecule has 1 aromatic rings.